The summed E-state index contributed by atoms with van der Waals surface area (Å²) in [6.45, 7) is 7.63. The van der Waals surface area contributed by atoms with Gasteiger partial charge in [0.05, 0.1) is 0 Å². The van der Waals surface area contributed by atoms with Crippen LogP contribution in [0.3, 0.4) is 0 Å². The number of hydrogen-bond donors (Lipinski definition) is 0. The molecule has 0 heterocycles. The van der Waals surface area contributed by atoms with Crippen LogP contribution in [-0.2, 0) is 13.3 Å². The largest absolute Gasteiger partial charge is 0.500 e. The van der Waals surface area contributed by atoms with Gasteiger partial charge in [0.1, 0.15) is 0 Å². The topological polar surface area (TPSA) is 44.8 Å². The SMILES string of the molecule is CCO[Si](CCCCC(=O)c1ccc2ccc3ccccc3c2c1)(OCC)OCC. The van der Waals surface area contributed by atoms with Crippen LogP contribution in [0.2, 0.25) is 6.04 Å². The summed E-state index contributed by atoms with van der Waals surface area (Å²) in [4.78, 5) is 12.8. The van der Waals surface area contributed by atoms with Crippen molar-refractivity contribution in [2.24, 2.45) is 0 Å². The van der Waals surface area contributed by atoms with Crippen molar-refractivity contribution in [2.45, 2.75) is 46.1 Å². The maximum atomic E-state index is 12.8. The highest BCUT2D eigenvalue weighted by Gasteiger charge is 2.39. The summed E-state index contributed by atoms with van der Waals surface area (Å²) in [6, 6.07) is 19.3. The molecule has 30 heavy (non-hydrogen) atoms. The first-order valence-electron chi connectivity index (χ1n) is 11.0. The van der Waals surface area contributed by atoms with Crippen LogP contribution in [0.25, 0.3) is 21.5 Å². The molecule has 0 bridgehead atoms. The lowest BCUT2D eigenvalue weighted by Gasteiger charge is -2.28. The number of ketones is 1. The maximum absolute atomic E-state index is 12.8. The zero-order chi connectivity index (χ0) is 21.4. The summed E-state index contributed by atoms with van der Waals surface area (Å²) in [5.41, 5.74) is 0.779. The Morgan fingerprint density at radius 3 is 2.03 bits per heavy atom. The first-order chi connectivity index (χ1) is 14.6. The van der Waals surface area contributed by atoms with Crippen molar-refractivity contribution in [3.05, 3.63) is 60.2 Å². The zero-order valence-electron chi connectivity index (χ0n) is 18.3. The summed E-state index contributed by atoms with van der Waals surface area (Å²) >= 11 is 0. The Hall–Kier alpha value is -2.05. The van der Waals surface area contributed by atoms with E-state index in [-0.39, 0.29) is 5.78 Å². The van der Waals surface area contributed by atoms with E-state index in [2.05, 4.69) is 24.3 Å². The number of Topliss-reactive ketones (excluding diaryl/α,β-unsaturated/α-hetero) is 1. The molecule has 0 saturated carbocycles. The molecule has 0 unspecified atom stereocenters. The maximum Gasteiger partial charge on any atom is 0.500 e. The molecule has 3 aromatic carbocycles. The van der Waals surface area contributed by atoms with E-state index in [1.807, 2.05) is 51.1 Å². The Balaban J connectivity index is 1.66. The summed E-state index contributed by atoms with van der Waals surface area (Å²) in [7, 11) is -2.62. The Morgan fingerprint density at radius 2 is 1.37 bits per heavy atom. The molecule has 0 aromatic heterocycles. The fourth-order valence-corrected chi connectivity index (χ4v) is 6.63. The minimum atomic E-state index is -2.62. The second-order valence-electron chi connectivity index (χ2n) is 7.33. The van der Waals surface area contributed by atoms with Gasteiger partial charge in [-0.3, -0.25) is 4.79 Å². The number of fused-ring (bicyclic) bond motifs is 3. The molecule has 0 fully saturated rings. The van der Waals surface area contributed by atoms with Gasteiger partial charge >= 0.3 is 8.80 Å². The minimum Gasteiger partial charge on any atom is -0.374 e. The van der Waals surface area contributed by atoms with Gasteiger partial charge in [-0.1, -0.05) is 48.5 Å². The van der Waals surface area contributed by atoms with Crippen molar-refractivity contribution < 1.29 is 18.1 Å². The number of hydrogen-bond acceptors (Lipinski definition) is 4. The average Bonchev–Trinajstić information content (AvgIpc) is 2.76. The molecule has 0 radical (unpaired) electrons. The summed E-state index contributed by atoms with van der Waals surface area (Å²) < 4.78 is 17.7. The molecule has 160 valence electrons. The summed E-state index contributed by atoms with van der Waals surface area (Å²) in [6.07, 6.45) is 2.17. The van der Waals surface area contributed by atoms with Gasteiger partial charge < -0.3 is 13.3 Å². The monoisotopic (exact) mass is 424 g/mol. The molecular weight excluding hydrogens is 392 g/mol. The van der Waals surface area contributed by atoms with Gasteiger partial charge in [-0.25, -0.2) is 0 Å². The predicted octanol–water partition coefficient (Wildman–Crippen LogP) is 6.39. The molecule has 3 aromatic rings. The van der Waals surface area contributed by atoms with E-state index in [4.69, 9.17) is 13.3 Å². The van der Waals surface area contributed by atoms with Crippen LogP contribution in [0.15, 0.2) is 54.6 Å². The molecule has 3 rings (SSSR count). The first-order valence-corrected chi connectivity index (χ1v) is 12.9. The van der Waals surface area contributed by atoms with Crippen LogP contribution in [-0.4, -0.2) is 34.4 Å². The quantitative estimate of drug-likeness (QED) is 0.146. The molecule has 0 aliphatic carbocycles. The second-order valence-corrected chi connectivity index (χ2v) is 10.1. The first kappa shape index (κ1) is 22.6. The third kappa shape index (κ3) is 5.35. The van der Waals surface area contributed by atoms with Crippen molar-refractivity contribution in [1.29, 1.82) is 0 Å². The van der Waals surface area contributed by atoms with E-state index in [9.17, 15) is 4.79 Å². The van der Waals surface area contributed by atoms with Crippen LogP contribution >= 0.6 is 0 Å². The lowest BCUT2D eigenvalue weighted by molar-refractivity contribution is 0.0703. The number of carbonyl (C=O) groups is 1. The van der Waals surface area contributed by atoms with Gasteiger partial charge in [0.15, 0.2) is 5.78 Å². The average molecular weight is 425 g/mol. The third-order valence-corrected chi connectivity index (χ3v) is 8.45. The van der Waals surface area contributed by atoms with Gasteiger partial charge in [-0.05, 0) is 61.2 Å². The molecule has 0 saturated heterocycles. The summed E-state index contributed by atoms with van der Waals surface area (Å²) in [5.74, 6) is 0.182. The highest BCUT2D eigenvalue weighted by molar-refractivity contribution is 6.60. The lowest BCUT2D eigenvalue weighted by Crippen LogP contribution is -2.45. The van der Waals surface area contributed by atoms with E-state index in [0.29, 0.717) is 26.2 Å². The molecule has 0 amide bonds. The Bertz CT molecular complexity index is 968. The molecule has 5 heteroatoms. The van der Waals surface area contributed by atoms with Crippen LogP contribution < -0.4 is 0 Å². The van der Waals surface area contributed by atoms with E-state index in [1.165, 1.54) is 10.8 Å². The van der Waals surface area contributed by atoms with Crippen LogP contribution in [0, 0.1) is 0 Å². The van der Waals surface area contributed by atoms with Crippen molar-refractivity contribution in [3.63, 3.8) is 0 Å². The second kappa shape index (κ2) is 10.8. The van der Waals surface area contributed by atoms with Crippen molar-refractivity contribution >= 4 is 36.1 Å². The molecule has 4 nitrogen and oxygen atoms in total. The van der Waals surface area contributed by atoms with E-state index < -0.39 is 8.80 Å². The fourth-order valence-electron chi connectivity index (χ4n) is 3.95. The predicted molar refractivity (Wildman–Crippen MR) is 125 cm³/mol. The smallest absolute Gasteiger partial charge is 0.374 e. The highest BCUT2D eigenvalue weighted by Crippen LogP contribution is 2.27. The van der Waals surface area contributed by atoms with Crippen LogP contribution in [0.5, 0.6) is 0 Å². The van der Waals surface area contributed by atoms with Gasteiger partial charge in [0.25, 0.3) is 0 Å². The fraction of sp³-hybridized carbons (Fsp3) is 0.400. The van der Waals surface area contributed by atoms with Gasteiger partial charge in [0, 0.05) is 37.8 Å². The minimum absolute atomic E-state index is 0.182. The molecule has 0 N–H and O–H groups in total. The number of rotatable bonds is 12. The van der Waals surface area contributed by atoms with E-state index >= 15 is 0 Å². The number of benzene rings is 3. The summed E-state index contributed by atoms with van der Waals surface area (Å²) in [5, 5.41) is 4.67. The molecule has 0 spiro atoms. The van der Waals surface area contributed by atoms with Gasteiger partial charge in [-0.15, -0.1) is 0 Å². The molecule has 0 atom stereocenters. The van der Waals surface area contributed by atoms with Crippen molar-refractivity contribution in [3.8, 4) is 0 Å². The van der Waals surface area contributed by atoms with E-state index in [1.54, 1.807) is 0 Å². The Kier molecular flexibility index (Phi) is 8.16. The third-order valence-electron chi connectivity index (χ3n) is 5.30. The Morgan fingerprint density at radius 1 is 0.767 bits per heavy atom. The van der Waals surface area contributed by atoms with Gasteiger partial charge in [0.2, 0.25) is 0 Å². The van der Waals surface area contributed by atoms with Crippen LogP contribution in [0.4, 0.5) is 0 Å². The molecule has 0 aliphatic rings. The van der Waals surface area contributed by atoms with E-state index in [0.717, 1.165) is 35.2 Å². The number of unbranched alkanes of at least 4 members (excludes halogenated alkanes) is 1. The van der Waals surface area contributed by atoms with Crippen molar-refractivity contribution in [1.82, 2.24) is 0 Å². The Labute approximate surface area is 180 Å². The van der Waals surface area contributed by atoms with Gasteiger partial charge in [-0.2, -0.15) is 0 Å². The van der Waals surface area contributed by atoms with Crippen LogP contribution in [0.1, 0.15) is 50.4 Å². The molecule has 0 aliphatic heterocycles. The normalized spacial score (nSPS) is 12.0. The lowest BCUT2D eigenvalue weighted by atomic mass is 9.97. The standard InChI is InChI=1S/C25H32O4Si/c1-4-27-30(28-5-2,29-6-3)18-10-9-13-25(26)22-17-16-21-15-14-20-11-7-8-12-23(20)24(21)19-22/h7-8,11-12,14-17,19H,4-6,9-10,13,18H2,1-3H3. The zero-order valence-corrected chi connectivity index (χ0v) is 19.3. The highest BCUT2D eigenvalue weighted by atomic mass is 28.4. The molecular formula is C25H32O4Si. The number of carbonyl (C=O) groups excluding carboxylic acids is 1. The van der Waals surface area contributed by atoms with Crippen molar-refractivity contribution in [2.75, 3.05) is 19.8 Å².